The van der Waals surface area contributed by atoms with Gasteiger partial charge in [-0.15, -0.1) is 5.92 Å². The van der Waals surface area contributed by atoms with Gasteiger partial charge in [0.25, 0.3) is 0 Å². The minimum absolute atomic E-state index is 0.0335. The van der Waals surface area contributed by atoms with Crippen LogP contribution < -0.4 is 0 Å². The average molecular weight is 1050 g/mol. The van der Waals surface area contributed by atoms with Gasteiger partial charge < -0.3 is 24.8 Å². The molecule has 3 N–H and O–H groups in total. The lowest BCUT2D eigenvalue weighted by Gasteiger charge is -2.71. The lowest BCUT2D eigenvalue weighted by molar-refractivity contribution is -0.338. The number of carbonyl (C=O) groups is 2. The molecule has 14 atom stereocenters. The van der Waals surface area contributed by atoms with Gasteiger partial charge in [-0.05, 0) is 185 Å². The van der Waals surface area contributed by atoms with E-state index in [4.69, 9.17) is 9.47 Å². The summed E-state index contributed by atoms with van der Waals surface area (Å²) in [5, 5.41) is 42.1. The van der Waals surface area contributed by atoms with E-state index in [2.05, 4.69) is 93.3 Å². The Hall–Kier alpha value is -2.74. The van der Waals surface area contributed by atoms with Crippen molar-refractivity contribution in [1.29, 1.82) is 0 Å². The quantitative estimate of drug-likeness (QED) is 0.135. The smallest absolute Gasteiger partial charge is 0.331 e. The summed E-state index contributed by atoms with van der Waals surface area (Å²) in [7, 11) is 3.93. The molecule has 74 heavy (non-hydrogen) atoms. The number of carbonyl (C=O) groups excluding carboxylic acids is 2. The molecule has 2 aromatic carbocycles. The number of hydrogen-bond acceptors (Lipinski definition) is 9. The Morgan fingerprint density at radius 1 is 0.716 bits per heavy atom. The van der Waals surface area contributed by atoms with Crippen LogP contribution in [0.5, 0.6) is 0 Å². The van der Waals surface area contributed by atoms with E-state index in [-0.39, 0.29) is 54.1 Å². The third-order valence-corrected chi connectivity index (χ3v) is 25.6. The zero-order chi connectivity index (χ0) is 51.4. The summed E-state index contributed by atoms with van der Waals surface area (Å²) in [6.07, 6.45) is 21.3. The fourth-order valence-electron chi connectivity index (χ4n) is 19.2. The molecule has 9 heteroatoms. The molecule has 0 amide bonds. The van der Waals surface area contributed by atoms with Crippen LogP contribution in [0.15, 0.2) is 72.3 Å². The lowest BCUT2D eigenvalue weighted by Crippen LogP contribution is -2.79. The van der Waals surface area contributed by atoms with E-state index in [1.165, 1.54) is 62.5 Å². The van der Waals surface area contributed by atoms with Gasteiger partial charge in [-0.25, -0.2) is 4.79 Å². The molecule has 4 bridgehead atoms. The Morgan fingerprint density at radius 3 is 2.16 bits per heavy atom. The largest absolute Gasteiger partial charge is 0.462 e. The Bertz CT molecular complexity index is 2420. The first kappa shape index (κ1) is 53.3. The minimum atomic E-state index is -1.72. The van der Waals surface area contributed by atoms with E-state index in [9.17, 15) is 20.1 Å². The molecule has 2 aromatic rings. The molecule has 7 fully saturated rings. The average Bonchev–Trinajstić information content (AvgIpc) is 4.19. The second-order valence-corrected chi connectivity index (χ2v) is 29.4. The van der Waals surface area contributed by atoms with Crippen molar-refractivity contribution >= 4 is 33.5 Å². The van der Waals surface area contributed by atoms with Gasteiger partial charge >= 0.3 is 11.9 Å². The van der Waals surface area contributed by atoms with Crippen LogP contribution in [0, 0.1) is 74.4 Å². The first-order valence-corrected chi connectivity index (χ1v) is 32.2. The maximum Gasteiger partial charge on any atom is 0.331 e. The SMILES string of the molecule is CC1CCC(O)C23C(O)CCC(C)(C4CCC5(CCCC5)C4)C2C2CC(C)(C#CCC4(CC(C5(c6ccccc6)CCCCC5)CCC4CSSCC(Cc4ccccc4)C1)C(=O)O2)C3(O)CCC1=CC(=O)OC1. The van der Waals surface area contributed by atoms with E-state index in [0.717, 1.165) is 87.7 Å². The molecule has 1 saturated heterocycles. The maximum absolute atomic E-state index is 16.6. The van der Waals surface area contributed by atoms with E-state index in [1.54, 1.807) is 6.08 Å². The van der Waals surface area contributed by atoms with Gasteiger partial charge in [0.2, 0.25) is 0 Å². The van der Waals surface area contributed by atoms with Gasteiger partial charge in [0, 0.05) is 36.3 Å². The molecule has 11 rings (SSSR count). The summed E-state index contributed by atoms with van der Waals surface area (Å²) < 4.78 is 13.1. The molecule has 402 valence electrons. The third-order valence-electron chi connectivity index (χ3n) is 23.0. The zero-order valence-electron chi connectivity index (χ0n) is 45.1. The van der Waals surface area contributed by atoms with Crippen molar-refractivity contribution in [2.75, 3.05) is 18.1 Å². The molecule has 7 nitrogen and oxygen atoms in total. The van der Waals surface area contributed by atoms with Gasteiger partial charge in [-0.2, -0.15) is 0 Å². The van der Waals surface area contributed by atoms with Gasteiger partial charge in [-0.3, -0.25) is 4.79 Å². The van der Waals surface area contributed by atoms with Crippen LogP contribution in [-0.4, -0.2) is 69.3 Å². The van der Waals surface area contributed by atoms with Crippen LogP contribution in [0.3, 0.4) is 0 Å². The monoisotopic (exact) mass is 1040 g/mol. The summed E-state index contributed by atoms with van der Waals surface area (Å²) in [5.74, 6) is 9.75. The number of aliphatic hydroxyl groups excluding tert-OH is 2. The summed E-state index contributed by atoms with van der Waals surface area (Å²) in [4.78, 5) is 29.2. The van der Waals surface area contributed by atoms with Crippen LogP contribution >= 0.6 is 21.6 Å². The fraction of sp³-hybridized carbons (Fsp3) is 0.723. The summed E-state index contributed by atoms with van der Waals surface area (Å²) in [5.41, 5.74) is -1.87. The molecular formula is C65H88O7S2. The highest BCUT2D eigenvalue weighted by molar-refractivity contribution is 8.76. The number of cyclic esters (lactones) is 1. The Balaban J connectivity index is 1.09. The Kier molecular flexibility index (Phi) is 15.2. The topological polar surface area (TPSA) is 113 Å². The molecule has 0 aromatic heterocycles. The number of benzene rings is 2. The molecular weight excluding hydrogens is 957 g/mol. The highest BCUT2D eigenvalue weighted by Crippen LogP contribution is 2.73. The number of hydrogen-bond donors (Lipinski definition) is 3. The Morgan fingerprint density at radius 2 is 1.42 bits per heavy atom. The van der Waals surface area contributed by atoms with Crippen molar-refractivity contribution in [3.8, 4) is 11.8 Å². The predicted octanol–water partition coefficient (Wildman–Crippen LogP) is 13.6. The van der Waals surface area contributed by atoms with Gasteiger partial charge in [0.1, 0.15) is 12.7 Å². The highest BCUT2D eigenvalue weighted by atomic mass is 33.1. The van der Waals surface area contributed by atoms with Crippen molar-refractivity contribution < 1.29 is 34.4 Å². The predicted molar refractivity (Wildman–Crippen MR) is 298 cm³/mol. The van der Waals surface area contributed by atoms with Gasteiger partial charge in [-0.1, -0.05) is 134 Å². The van der Waals surface area contributed by atoms with E-state index >= 15 is 4.79 Å². The maximum atomic E-state index is 16.6. The summed E-state index contributed by atoms with van der Waals surface area (Å²) in [6.45, 7) is 7.02. The molecule has 3 aliphatic heterocycles. The highest BCUT2D eigenvalue weighted by Gasteiger charge is 2.78. The molecule has 3 heterocycles. The van der Waals surface area contributed by atoms with Crippen molar-refractivity contribution in [1.82, 2.24) is 0 Å². The standard InChI is InChI=1S/C65H88O7S2/c1-45-20-23-54(66)65-55(67)26-33-60(3,50-25-34-61(39-50)28-13-14-29-61)57(65)53-41-59(2,64(65,70)35-24-47-38-56(68)71-42-47)27-15-32-63(58(69)72-53)40-51(62(30-11-6-12-31-62)49-18-9-5-10-19-49)21-22-52(63)44-74-73-43-48(36-45)37-46-16-7-4-8-17-46/h4-5,7-10,16-19,38,45,48,50-55,57,66-67,70H,6,11-14,20-26,28-37,39-44H2,1-3H3. The van der Waals surface area contributed by atoms with E-state index in [1.807, 2.05) is 21.6 Å². The Labute approximate surface area is 452 Å². The van der Waals surface area contributed by atoms with Crippen molar-refractivity contribution in [2.24, 2.45) is 62.6 Å². The van der Waals surface area contributed by atoms with Gasteiger partial charge in [0.05, 0.1) is 34.1 Å². The number of aliphatic hydroxyl groups is 3. The summed E-state index contributed by atoms with van der Waals surface area (Å²) >= 11 is 0. The first-order chi connectivity index (χ1) is 35.7. The van der Waals surface area contributed by atoms with Crippen molar-refractivity contribution in [3.63, 3.8) is 0 Å². The molecule has 6 aliphatic carbocycles. The van der Waals surface area contributed by atoms with Crippen LogP contribution in [0.2, 0.25) is 0 Å². The molecule has 0 radical (unpaired) electrons. The molecule has 14 unspecified atom stereocenters. The first-order valence-electron chi connectivity index (χ1n) is 29.7. The molecule has 2 spiro atoms. The normalized spacial score (nSPS) is 42.1. The number of fused-ring (bicyclic) bond motifs is 2. The van der Waals surface area contributed by atoms with E-state index in [0.29, 0.717) is 43.4 Å². The molecule has 9 aliphatic rings. The number of ether oxygens (including phenoxy) is 2. The second-order valence-electron chi connectivity index (χ2n) is 26.8. The van der Waals surface area contributed by atoms with E-state index < -0.39 is 51.5 Å². The fourth-order valence-corrected chi connectivity index (χ4v) is 22.1. The van der Waals surface area contributed by atoms with Crippen LogP contribution in [0.25, 0.3) is 0 Å². The third kappa shape index (κ3) is 9.20. The minimum Gasteiger partial charge on any atom is -0.462 e. The van der Waals surface area contributed by atoms with Crippen LogP contribution in [-0.2, 0) is 30.9 Å². The van der Waals surface area contributed by atoms with Crippen molar-refractivity contribution in [3.05, 3.63) is 83.4 Å². The van der Waals surface area contributed by atoms with Crippen LogP contribution in [0.4, 0.5) is 0 Å². The van der Waals surface area contributed by atoms with Crippen LogP contribution in [0.1, 0.15) is 186 Å². The lowest BCUT2D eigenvalue weighted by atomic mass is 9.35. The molecule has 6 saturated carbocycles. The number of esters is 2. The second kappa shape index (κ2) is 21.1. The zero-order valence-corrected chi connectivity index (χ0v) is 46.8. The van der Waals surface area contributed by atoms with Crippen molar-refractivity contribution in [2.45, 2.75) is 211 Å². The number of rotatable bonds is 8. The summed E-state index contributed by atoms with van der Waals surface area (Å²) in [6, 6.07) is 22.1. The van der Waals surface area contributed by atoms with Gasteiger partial charge in [0.15, 0.2) is 0 Å².